The maximum Gasteiger partial charge on any atom is 0.119 e. The van der Waals surface area contributed by atoms with Crippen molar-refractivity contribution in [2.75, 3.05) is 7.11 Å². The van der Waals surface area contributed by atoms with Gasteiger partial charge in [0.05, 0.1) is 13.2 Å². The van der Waals surface area contributed by atoms with Crippen LogP contribution in [0.4, 0.5) is 0 Å². The first-order chi connectivity index (χ1) is 9.79. The summed E-state index contributed by atoms with van der Waals surface area (Å²) < 4.78 is 5.30. The summed E-state index contributed by atoms with van der Waals surface area (Å²) in [5.41, 5.74) is 10.3. The maximum atomic E-state index is 6.50. The van der Waals surface area contributed by atoms with Crippen LogP contribution in [0.25, 0.3) is 0 Å². The van der Waals surface area contributed by atoms with Gasteiger partial charge in [0.2, 0.25) is 0 Å². The van der Waals surface area contributed by atoms with Gasteiger partial charge in [-0.05, 0) is 47.6 Å². The topological polar surface area (TPSA) is 35.2 Å². The average Bonchev–Trinajstić information content (AvgIpc) is 2.45. The van der Waals surface area contributed by atoms with Crippen molar-refractivity contribution in [3.63, 3.8) is 0 Å². The largest absolute Gasteiger partial charge is 0.497 e. The van der Waals surface area contributed by atoms with E-state index in [0.29, 0.717) is 5.92 Å². The molecule has 1 aliphatic rings. The molecule has 0 radical (unpaired) electrons. The number of methoxy groups -OCH3 is 1. The number of hydrogen-bond donors (Lipinski definition) is 1. The van der Waals surface area contributed by atoms with Crippen LogP contribution in [-0.2, 0) is 0 Å². The molecule has 1 fully saturated rings. The van der Waals surface area contributed by atoms with E-state index in [1.54, 1.807) is 7.11 Å². The number of ether oxygens (including phenoxy) is 1. The van der Waals surface area contributed by atoms with Crippen LogP contribution in [0.2, 0.25) is 0 Å². The van der Waals surface area contributed by atoms with E-state index in [2.05, 4.69) is 30.3 Å². The summed E-state index contributed by atoms with van der Waals surface area (Å²) in [5, 5.41) is 0. The fourth-order valence-corrected chi connectivity index (χ4v) is 2.90. The smallest absolute Gasteiger partial charge is 0.119 e. The quantitative estimate of drug-likeness (QED) is 0.908. The molecule has 0 aliphatic heterocycles. The predicted molar refractivity (Wildman–Crippen MR) is 82.1 cm³/mol. The molecule has 20 heavy (non-hydrogen) atoms. The minimum Gasteiger partial charge on any atom is -0.497 e. The van der Waals surface area contributed by atoms with Gasteiger partial charge >= 0.3 is 0 Å². The van der Waals surface area contributed by atoms with Crippen molar-refractivity contribution >= 4 is 0 Å². The minimum absolute atomic E-state index is 0.0816. The number of benzene rings is 2. The third-order valence-electron chi connectivity index (χ3n) is 4.33. The second-order valence-corrected chi connectivity index (χ2v) is 5.51. The normalized spacial score (nSPS) is 16.5. The van der Waals surface area contributed by atoms with Crippen molar-refractivity contribution in [3.05, 3.63) is 65.2 Å². The highest BCUT2D eigenvalue weighted by Gasteiger charge is 2.24. The first kappa shape index (κ1) is 13.2. The lowest BCUT2D eigenvalue weighted by Gasteiger charge is -2.29. The first-order valence-electron chi connectivity index (χ1n) is 7.28. The Bertz CT molecular complexity index is 589. The molecule has 0 heterocycles. The Hall–Kier alpha value is -1.80. The number of hydrogen-bond acceptors (Lipinski definition) is 2. The second-order valence-electron chi connectivity index (χ2n) is 5.51. The van der Waals surface area contributed by atoms with Crippen molar-refractivity contribution in [2.24, 2.45) is 5.73 Å². The van der Waals surface area contributed by atoms with Gasteiger partial charge in [-0.15, -0.1) is 0 Å². The van der Waals surface area contributed by atoms with E-state index in [-0.39, 0.29) is 6.04 Å². The van der Waals surface area contributed by atoms with Crippen molar-refractivity contribution in [1.82, 2.24) is 0 Å². The summed E-state index contributed by atoms with van der Waals surface area (Å²) in [6, 6.07) is 16.6. The monoisotopic (exact) mass is 267 g/mol. The molecule has 2 aromatic rings. The van der Waals surface area contributed by atoms with Crippen LogP contribution in [-0.4, -0.2) is 7.11 Å². The summed E-state index contributed by atoms with van der Waals surface area (Å²) in [5.74, 6) is 1.56. The van der Waals surface area contributed by atoms with E-state index in [1.807, 2.05) is 18.2 Å². The highest BCUT2D eigenvalue weighted by Crippen LogP contribution is 2.40. The van der Waals surface area contributed by atoms with Crippen LogP contribution >= 0.6 is 0 Å². The average molecular weight is 267 g/mol. The van der Waals surface area contributed by atoms with Gasteiger partial charge in [0.25, 0.3) is 0 Å². The Balaban J connectivity index is 1.95. The van der Waals surface area contributed by atoms with Crippen molar-refractivity contribution in [2.45, 2.75) is 31.2 Å². The van der Waals surface area contributed by atoms with Gasteiger partial charge < -0.3 is 10.5 Å². The van der Waals surface area contributed by atoms with Crippen LogP contribution in [0.1, 0.15) is 47.9 Å². The number of rotatable bonds is 4. The highest BCUT2D eigenvalue weighted by molar-refractivity contribution is 5.41. The SMILES string of the molecule is COc1cccc(C(N)c2ccccc2C2CCC2)c1. The summed E-state index contributed by atoms with van der Waals surface area (Å²) in [4.78, 5) is 0. The Labute approximate surface area is 120 Å². The van der Waals surface area contributed by atoms with Gasteiger partial charge in [-0.3, -0.25) is 0 Å². The van der Waals surface area contributed by atoms with Gasteiger partial charge in [-0.2, -0.15) is 0 Å². The van der Waals surface area contributed by atoms with Crippen molar-refractivity contribution in [1.29, 1.82) is 0 Å². The molecule has 0 bridgehead atoms. The molecule has 0 spiro atoms. The Morgan fingerprint density at radius 2 is 1.90 bits per heavy atom. The molecule has 2 aromatic carbocycles. The van der Waals surface area contributed by atoms with Crippen LogP contribution in [0.5, 0.6) is 5.75 Å². The summed E-state index contributed by atoms with van der Waals surface area (Å²) >= 11 is 0. The van der Waals surface area contributed by atoms with Gasteiger partial charge in [-0.25, -0.2) is 0 Å². The van der Waals surface area contributed by atoms with Crippen LogP contribution in [0.3, 0.4) is 0 Å². The van der Waals surface area contributed by atoms with E-state index in [4.69, 9.17) is 10.5 Å². The summed E-state index contributed by atoms with van der Waals surface area (Å²) in [6.07, 6.45) is 3.93. The molecule has 0 aromatic heterocycles. The maximum absolute atomic E-state index is 6.50. The lowest BCUT2D eigenvalue weighted by atomic mass is 9.76. The van der Waals surface area contributed by atoms with Gasteiger partial charge in [0.1, 0.15) is 5.75 Å². The fourth-order valence-electron chi connectivity index (χ4n) is 2.90. The lowest BCUT2D eigenvalue weighted by Crippen LogP contribution is -2.18. The Morgan fingerprint density at radius 1 is 1.10 bits per heavy atom. The molecule has 0 saturated heterocycles. The molecule has 1 aliphatic carbocycles. The molecule has 1 unspecified atom stereocenters. The van der Waals surface area contributed by atoms with E-state index in [0.717, 1.165) is 11.3 Å². The molecular weight excluding hydrogens is 246 g/mol. The van der Waals surface area contributed by atoms with Gasteiger partial charge in [0.15, 0.2) is 0 Å². The molecule has 3 rings (SSSR count). The molecule has 2 heteroatoms. The molecule has 0 amide bonds. The van der Waals surface area contributed by atoms with Gasteiger partial charge in [0, 0.05) is 0 Å². The van der Waals surface area contributed by atoms with Crippen LogP contribution in [0, 0.1) is 0 Å². The van der Waals surface area contributed by atoms with Crippen LogP contribution < -0.4 is 10.5 Å². The summed E-state index contributed by atoms with van der Waals surface area (Å²) in [6.45, 7) is 0. The summed E-state index contributed by atoms with van der Waals surface area (Å²) in [7, 11) is 1.69. The van der Waals surface area contributed by atoms with Gasteiger partial charge in [-0.1, -0.05) is 42.8 Å². The third-order valence-corrected chi connectivity index (χ3v) is 4.33. The standard InChI is InChI=1S/C18H21NO/c1-20-15-9-5-8-14(12-15)18(19)17-11-3-2-10-16(17)13-6-4-7-13/h2-3,5,8-13,18H,4,6-7,19H2,1H3. The predicted octanol–water partition coefficient (Wildman–Crippen LogP) is 4.01. The highest BCUT2D eigenvalue weighted by atomic mass is 16.5. The Morgan fingerprint density at radius 3 is 2.60 bits per heavy atom. The molecule has 1 saturated carbocycles. The molecular formula is C18H21NO. The van der Waals surface area contributed by atoms with E-state index < -0.39 is 0 Å². The zero-order valence-corrected chi connectivity index (χ0v) is 11.9. The molecule has 2 nitrogen and oxygen atoms in total. The molecule has 1 atom stereocenters. The zero-order chi connectivity index (χ0) is 13.9. The van der Waals surface area contributed by atoms with E-state index >= 15 is 0 Å². The number of nitrogens with two attached hydrogens (primary N) is 1. The Kier molecular flexibility index (Phi) is 3.75. The van der Waals surface area contributed by atoms with Crippen molar-refractivity contribution in [3.8, 4) is 5.75 Å². The second kappa shape index (κ2) is 5.68. The zero-order valence-electron chi connectivity index (χ0n) is 11.9. The minimum atomic E-state index is -0.0816. The van der Waals surface area contributed by atoms with Crippen LogP contribution in [0.15, 0.2) is 48.5 Å². The van der Waals surface area contributed by atoms with Crippen molar-refractivity contribution < 1.29 is 4.74 Å². The third kappa shape index (κ3) is 2.44. The van der Waals surface area contributed by atoms with E-state index in [9.17, 15) is 0 Å². The molecule has 104 valence electrons. The lowest BCUT2D eigenvalue weighted by molar-refractivity contribution is 0.413. The first-order valence-corrected chi connectivity index (χ1v) is 7.28. The molecule has 2 N–H and O–H groups in total. The van der Waals surface area contributed by atoms with E-state index in [1.165, 1.54) is 30.4 Å². The fraction of sp³-hybridized carbons (Fsp3) is 0.333.